The number of ether oxygens (including phenoxy) is 3. The molecule has 0 fully saturated rings. The minimum atomic E-state index is -0.643. The lowest BCUT2D eigenvalue weighted by molar-refractivity contribution is -0.150. The molecule has 0 saturated heterocycles. The van der Waals surface area contributed by atoms with Crippen LogP contribution in [0, 0.1) is 0 Å². The molecular weight excluding hydrogens is 264 g/mol. The van der Waals surface area contributed by atoms with E-state index in [2.05, 4.69) is 5.32 Å². The normalized spacial score (nSPS) is 9.85. The molecule has 0 aromatic heterocycles. The Morgan fingerprint density at radius 3 is 2.70 bits per heavy atom. The lowest BCUT2D eigenvalue weighted by Gasteiger charge is -2.09. The van der Waals surface area contributed by atoms with Gasteiger partial charge < -0.3 is 25.3 Å². The van der Waals surface area contributed by atoms with Crippen LogP contribution in [-0.2, 0) is 19.1 Å². The van der Waals surface area contributed by atoms with Gasteiger partial charge >= 0.3 is 5.97 Å². The van der Waals surface area contributed by atoms with E-state index in [1.807, 2.05) is 0 Å². The number of methoxy groups -OCH3 is 1. The quantitative estimate of drug-likeness (QED) is 0.394. The summed E-state index contributed by atoms with van der Waals surface area (Å²) < 4.78 is 14.7. The third-order valence-corrected chi connectivity index (χ3v) is 2.26. The molecule has 0 aliphatic heterocycles. The van der Waals surface area contributed by atoms with Crippen molar-refractivity contribution in [3.63, 3.8) is 0 Å². The lowest BCUT2D eigenvalue weighted by Crippen LogP contribution is -2.32. The smallest absolute Gasteiger partial charge is 0.344 e. The largest absolute Gasteiger partial charge is 0.480 e. The maximum Gasteiger partial charge on any atom is 0.344 e. The molecule has 1 aromatic carbocycles. The zero-order valence-electron chi connectivity index (χ0n) is 11.3. The second-order valence-electron chi connectivity index (χ2n) is 3.83. The van der Waals surface area contributed by atoms with Crippen molar-refractivity contribution in [2.24, 2.45) is 0 Å². The highest BCUT2D eigenvalue weighted by Crippen LogP contribution is 2.19. The van der Waals surface area contributed by atoms with Crippen LogP contribution in [0.5, 0.6) is 5.75 Å². The third-order valence-electron chi connectivity index (χ3n) is 2.26. The summed E-state index contributed by atoms with van der Waals surface area (Å²) in [7, 11) is 1.53. The van der Waals surface area contributed by atoms with Crippen LogP contribution in [0.15, 0.2) is 24.3 Å². The molecule has 7 nitrogen and oxygen atoms in total. The van der Waals surface area contributed by atoms with Crippen LogP contribution in [0.1, 0.15) is 0 Å². The number of para-hydroxylation sites is 2. The van der Waals surface area contributed by atoms with E-state index in [9.17, 15) is 9.59 Å². The van der Waals surface area contributed by atoms with Gasteiger partial charge in [-0.05, 0) is 12.1 Å². The van der Waals surface area contributed by atoms with Crippen molar-refractivity contribution >= 4 is 17.6 Å². The Hall–Kier alpha value is -2.28. The first kappa shape index (κ1) is 15.8. The van der Waals surface area contributed by atoms with E-state index in [-0.39, 0.29) is 13.2 Å². The van der Waals surface area contributed by atoms with Crippen molar-refractivity contribution in [1.29, 1.82) is 0 Å². The molecule has 7 heteroatoms. The molecule has 0 unspecified atom stereocenters. The molecule has 0 atom stereocenters. The van der Waals surface area contributed by atoms with Gasteiger partial charge in [0.15, 0.2) is 13.2 Å². The van der Waals surface area contributed by atoms with Crippen molar-refractivity contribution in [2.45, 2.75) is 0 Å². The first-order valence-corrected chi connectivity index (χ1v) is 6.02. The van der Waals surface area contributed by atoms with Crippen LogP contribution in [0.4, 0.5) is 5.69 Å². The van der Waals surface area contributed by atoms with Crippen LogP contribution in [0.2, 0.25) is 0 Å². The summed E-state index contributed by atoms with van der Waals surface area (Å²) in [5.41, 5.74) is 6.07. The summed E-state index contributed by atoms with van der Waals surface area (Å²) in [5.74, 6) is -0.640. The Labute approximate surface area is 117 Å². The number of carbonyl (C=O) groups is 2. The predicted molar refractivity (Wildman–Crippen MR) is 72.2 cm³/mol. The average Bonchev–Trinajstić information content (AvgIpc) is 2.44. The van der Waals surface area contributed by atoms with Gasteiger partial charge in [-0.1, -0.05) is 12.1 Å². The monoisotopic (exact) mass is 282 g/mol. The average molecular weight is 282 g/mol. The van der Waals surface area contributed by atoms with Gasteiger partial charge in [0.2, 0.25) is 0 Å². The summed E-state index contributed by atoms with van der Waals surface area (Å²) in [6, 6.07) is 6.79. The van der Waals surface area contributed by atoms with Crippen molar-refractivity contribution in [3.05, 3.63) is 24.3 Å². The van der Waals surface area contributed by atoms with Crippen LogP contribution < -0.4 is 15.8 Å². The van der Waals surface area contributed by atoms with Crippen LogP contribution in [0.3, 0.4) is 0 Å². The van der Waals surface area contributed by atoms with Crippen LogP contribution in [0.25, 0.3) is 0 Å². The van der Waals surface area contributed by atoms with Crippen molar-refractivity contribution in [1.82, 2.24) is 5.32 Å². The number of esters is 1. The number of hydrogen-bond donors (Lipinski definition) is 2. The summed E-state index contributed by atoms with van der Waals surface area (Å²) in [6.45, 7) is 0.107. The Kier molecular flexibility index (Phi) is 6.91. The van der Waals surface area contributed by atoms with Crippen LogP contribution >= 0.6 is 0 Å². The summed E-state index contributed by atoms with van der Waals surface area (Å²) in [5, 5.41) is 2.52. The second-order valence-corrected chi connectivity index (χ2v) is 3.83. The minimum Gasteiger partial charge on any atom is -0.480 e. The van der Waals surface area contributed by atoms with E-state index in [0.29, 0.717) is 24.6 Å². The van der Waals surface area contributed by atoms with Gasteiger partial charge in [0.25, 0.3) is 5.91 Å². The Bertz CT molecular complexity index is 450. The summed E-state index contributed by atoms with van der Waals surface area (Å²) >= 11 is 0. The van der Waals surface area contributed by atoms with E-state index >= 15 is 0 Å². The molecule has 0 aliphatic rings. The van der Waals surface area contributed by atoms with E-state index in [4.69, 9.17) is 19.9 Å². The van der Waals surface area contributed by atoms with Gasteiger partial charge in [0.1, 0.15) is 5.75 Å². The molecule has 0 spiro atoms. The van der Waals surface area contributed by atoms with Gasteiger partial charge in [0, 0.05) is 13.7 Å². The second kappa shape index (κ2) is 8.76. The van der Waals surface area contributed by atoms with E-state index in [0.717, 1.165) is 0 Å². The fourth-order valence-electron chi connectivity index (χ4n) is 1.28. The number of anilines is 1. The lowest BCUT2D eigenvalue weighted by atomic mass is 10.3. The number of amides is 1. The Morgan fingerprint density at radius 2 is 2.00 bits per heavy atom. The molecule has 20 heavy (non-hydrogen) atoms. The van der Waals surface area contributed by atoms with Gasteiger partial charge in [0.05, 0.1) is 12.3 Å². The Balaban J connectivity index is 2.21. The number of rotatable bonds is 8. The first-order chi connectivity index (χ1) is 9.63. The predicted octanol–water partition coefficient (Wildman–Crippen LogP) is -0.0466. The molecule has 1 aromatic rings. The van der Waals surface area contributed by atoms with Gasteiger partial charge in [-0.25, -0.2) is 4.79 Å². The van der Waals surface area contributed by atoms with E-state index < -0.39 is 11.9 Å². The number of hydrogen-bond acceptors (Lipinski definition) is 6. The van der Waals surface area contributed by atoms with Gasteiger partial charge in [-0.2, -0.15) is 0 Å². The van der Waals surface area contributed by atoms with E-state index in [1.54, 1.807) is 24.3 Å². The van der Waals surface area contributed by atoms with Crippen molar-refractivity contribution < 1.29 is 23.8 Å². The zero-order valence-corrected chi connectivity index (χ0v) is 11.3. The maximum atomic E-state index is 11.4. The fourth-order valence-corrected chi connectivity index (χ4v) is 1.28. The van der Waals surface area contributed by atoms with Crippen molar-refractivity contribution in [2.75, 3.05) is 39.2 Å². The number of nitrogens with two attached hydrogens (primary N) is 1. The molecular formula is C13H18N2O5. The fraction of sp³-hybridized carbons (Fsp3) is 0.385. The minimum absolute atomic E-state index is 0.306. The molecule has 3 N–H and O–H groups in total. The van der Waals surface area contributed by atoms with Gasteiger partial charge in [-0.15, -0.1) is 0 Å². The third kappa shape index (κ3) is 6.05. The molecule has 110 valence electrons. The Morgan fingerprint density at radius 1 is 1.25 bits per heavy atom. The number of nitrogens with one attached hydrogen (secondary N) is 1. The van der Waals surface area contributed by atoms with Crippen LogP contribution in [-0.4, -0.2) is 45.4 Å². The standard InChI is InChI=1S/C13H18N2O5/c1-18-7-6-15-12(16)8-20-13(17)9-19-11-5-3-2-4-10(11)14/h2-5H,6-9,14H2,1H3,(H,15,16). The van der Waals surface area contributed by atoms with Crippen molar-refractivity contribution in [3.8, 4) is 5.75 Å². The molecule has 0 heterocycles. The molecule has 1 rings (SSSR count). The molecule has 0 aliphatic carbocycles. The highest BCUT2D eigenvalue weighted by Gasteiger charge is 2.09. The van der Waals surface area contributed by atoms with E-state index in [1.165, 1.54) is 7.11 Å². The number of nitrogen functional groups attached to an aromatic ring is 1. The first-order valence-electron chi connectivity index (χ1n) is 6.02. The highest BCUT2D eigenvalue weighted by atomic mass is 16.6. The summed E-state index contributed by atoms with van der Waals surface area (Å²) in [6.07, 6.45) is 0. The SMILES string of the molecule is COCCNC(=O)COC(=O)COc1ccccc1N. The molecule has 0 saturated carbocycles. The topological polar surface area (TPSA) is 99.9 Å². The maximum absolute atomic E-state index is 11.4. The summed E-state index contributed by atoms with van der Waals surface area (Å²) in [4.78, 5) is 22.6. The molecule has 1 amide bonds. The molecule has 0 bridgehead atoms. The number of benzene rings is 1. The zero-order chi connectivity index (χ0) is 14.8. The molecule has 0 radical (unpaired) electrons. The number of carbonyl (C=O) groups excluding carboxylic acids is 2. The highest BCUT2D eigenvalue weighted by molar-refractivity contribution is 5.80. The van der Waals surface area contributed by atoms with Gasteiger partial charge in [-0.3, -0.25) is 4.79 Å².